The molecule has 0 saturated heterocycles. The number of carbonyl (C=O) groups is 2. The molecule has 4 N–H and O–H groups in total. The largest absolute Gasteiger partial charge is 0.457 e. The van der Waals surface area contributed by atoms with Crippen molar-refractivity contribution in [2.75, 3.05) is 13.1 Å². The lowest BCUT2D eigenvalue weighted by atomic mass is 10.1. The summed E-state index contributed by atoms with van der Waals surface area (Å²) in [6, 6.07) is 14.7. The number of hydrogen-bond acceptors (Lipinski definition) is 4. The lowest BCUT2D eigenvalue weighted by Gasteiger charge is -2.25. The zero-order valence-corrected chi connectivity index (χ0v) is 21.6. The molecule has 1 atom stereocenters. The molecule has 2 aromatic carbocycles. The number of carbonyl (C=O) groups excluding carboxylic acids is 2. The van der Waals surface area contributed by atoms with Crippen LogP contribution in [0.5, 0.6) is 11.5 Å². The number of imide groups is 1. The molecule has 0 aromatic heterocycles. The summed E-state index contributed by atoms with van der Waals surface area (Å²) in [5.74, 6) is 1.43. The van der Waals surface area contributed by atoms with Crippen molar-refractivity contribution < 1.29 is 24.0 Å². The van der Waals surface area contributed by atoms with E-state index in [2.05, 4.69) is 24.4 Å². The Bertz CT molecular complexity index is 858. The van der Waals surface area contributed by atoms with Crippen molar-refractivity contribution in [3.63, 3.8) is 0 Å². The van der Waals surface area contributed by atoms with Crippen LogP contribution in [-0.4, -0.2) is 45.6 Å². The molecule has 2 rings (SSSR count). The molecular weight excluding hydrogens is 454 g/mol. The Morgan fingerprint density at radius 1 is 1.06 bits per heavy atom. The first-order valence-electron chi connectivity index (χ1n) is 11.5. The van der Waals surface area contributed by atoms with Crippen LogP contribution < -0.4 is 15.4 Å². The molecule has 0 bridgehead atoms. The molecule has 0 spiro atoms. The molecule has 0 heterocycles. The summed E-state index contributed by atoms with van der Waals surface area (Å²) in [5.41, 5.74) is 1.30. The van der Waals surface area contributed by atoms with Crippen LogP contribution in [0.2, 0.25) is 0 Å². The van der Waals surface area contributed by atoms with E-state index in [0.717, 1.165) is 12.2 Å². The second-order valence-corrected chi connectivity index (χ2v) is 8.76. The molecule has 0 fully saturated rings. The number of ether oxygens (including phenoxy) is 1. The fourth-order valence-corrected chi connectivity index (χ4v) is 4.20. The van der Waals surface area contributed by atoms with Crippen molar-refractivity contribution in [3.05, 3.63) is 54.1 Å². The molecule has 0 aliphatic carbocycles. The second-order valence-electron chi connectivity index (χ2n) is 7.32. The first-order chi connectivity index (χ1) is 15.9. The number of amides is 3. The first-order valence-corrected chi connectivity index (χ1v) is 12.6. The van der Waals surface area contributed by atoms with E-state index in [-0.39, 0.29) is 18.1 Å². The quantitative estimate of drug-likeness (QED) is 0.430. The van der Waals surface area contributed by atoms with E-state index in [4.69, 9.17) is 4.74 Å². The van der Waals surface area contributed by atoms with Gasteiger partial charge in [0.05, 0.1) is 4.90 Å². The van der Waals surface area contributed by atoms with Gasteiger partial charge in [0.25, 0.3) is 0 Å². The van der Waals surface area contributed by atoms with Gasteiger partial charge in [-0.2, -0.15) is 0 Å². The van der Waals surface area contributed by atoms with Crippen molar-refractivity contribution in [2.45, 2.75) is 64.8 Å². The van der Waals surface area contributed by atoms with Gasteiger partial charge in [-0.25, -0.2) is 13.3 Å². The molecule has 8 nitrogen and oxygen atoms in total. The minimum Gasteiger partial charge on any atom is -0.457 e. The maximum Gasteiger partial charge on any atom is 0.321 e. The van der Waals surface area contributed by atoms with Gasteiger partial charge in [-0.05, 0) is 68.7 Å². The number of aryl methyl sites for hydroxylation is 1. The SMILES string of the molecule is CC.CCCCc1ccc(Oc2ccc(S(=O)N(CCNC(=O)NC=O)C(C)C)cc2)cc1.O. The van der Waals surface area contributed by atoms with Gasteiger partial charge in [-0.1, -0.05) is 39.3 Å². The van der Waals surface area contributed by atoms with Crippen molar-refractivity contribution in [3.8, 4) is 11.5 Å². The summed E-state index contributed by atoms with van der Waals surface area (Å²) in [6.45, 7) is 10.7. The average Bonchev–Trinajstić information content (AvgIpc) is 2.83. The molecule has 0 radical (unpaired) electrons. The predicted octanol–water partition coefficient (Wildman–Crippen LogP) is 4.21. The summed E-state index contributed by atoms with van der Waals surface area (Å²) in [5, 5.41) is 4.56. The van der Waals surface area contributed by atoms with E-state index in [1.807, 2.05) is 45.1 Å². The van der Waals surface area contributed by atoms with Crippen LogP contribution in [0, 0.1) is 0 Å². The molecule has 9 heteroatoms. The van der Waals surface area contributed by atoms with Gasteiger partial charge >= 0.3 is 6.03 Å². The molecule has 1 unspecified atom stereocenters. The van der Waals surface area contributed by atoms with Crippen molar-refractivity contribution >= 4 is 23.4 Å². The lowest BCUT2D eigenvalue weighted by molar-refractivity contribution is -0.108. The van der Waals surface area contributed by atoms with E-state index < -0.39 is 17.0 Å². The smallest absolute Gasteiger partial charge is 0.321 e. The Kier molecular flexibility index (Phi) is 16.3. The molecule has 0 saturated carbocycles. The maximum absolute atomic E-state index is 13.0. The van der Waals surface area contributed by atoms with Crippen LogP contribution in [0.4, 0.5) is 4.79 Å². The van der Waals surface area contributed by atoms with Crippen LogP contribution in [-0.2, 0) is 22.2 Å². The normalized spacial score (nSPS) is 11.0. The van der Waals surface area contributed by atoms with E-state index in [9.17, 15) is 13.8 Å². The van der Waals surface area contributed by atoms with E-state index in [1.165, 1.54) is 18.4 Å². The van der Waals surface area contributed by atoms with Gasteiger partial charge in [-0.3, -0.25) is 10.1 Å². The highest BCUT2D eigenvalue weighted by molar-refractivity contribution is 7.82. The van der Waals surface area contributed by atoms with Crippen molar-refractivity contribution in [1.29, 1.82) is 0 Å². The standard InChI is InChI=1S/C23H31N3O4S.C2H6.H2O/c1-4-5-6-19-7-9-20(10-8-19)30-21-11-13-22(14-12-21)31(29)26(18(2)3)16-15-24-23(28)25-17-27;1-2;/h7-14,17-18H,4-6,15-16H2,1-3H3,(H2,24,25,27,28);1-2H3;1H2. The molecule has 0 aliphatic heterocycles. The summed E-state index contributed by atoms with van der Waals surface area (Å²) in [6.07, 6.45) is 3.74. The number of unbranched alkanes of at least 4 members (excludes halogenated alkanes) is 1. The second kappa shape index (κ2) is 17.7. The van der Waals surface area contributed by atoms with Crippen molar-refractivity contribution in [1.82, 2.24) is 14.9 Å². The Hall–Kier alpha value is -2.75. The Morgan fingerprint density at radius 3 is 2.12 bits per heavy atom. The number of urea groups is 1. The van der Waals surface area contributed by atoms with Gasteiger partial charge in [0, 0.05) is 19.1 Å². The van der Waals surface area contributed by atoms with E-state index >= 15 is 0 Å². The Labute approximate surface area is 206 Å². The molecule has 2 aromatic rings. The average molecular weight is 494 g/mol. The monoisotopic (exact) mass is 493 g/mol. The van der Waals surface area contributed by atoms with Crippen LogP contribution in [0.25, 0.3) is 0 Å². The van der Waals surface area contributed by atoms with Gasteiger partial charge in [-0.15, -0.1) is 0 Å². The van der Waals surface area contributed by atoms with Crippen molar-refractivity contribution in [2.24, 2.45) is 0 Å². The number of nitrogens with one attached hydrogen (secondary N) is 2. The zero-order chi connectivity index (χ0) is 24.6. The minimum atomic E-state index is -1.39. The summed E-state index contributed by atoms with van der Waals surface area (Å²) in [4.78, 5) is 22.2. The summed E-state index contributed by atoms with van der Waals surface area (Å²) < 4.78 is 20.7. The minimum absolute atomic E-state index is 0. The molecule has 3 amide bonds. The Morgan fingerprint density at radius 2 is 1.62 bits per heavy atom. The first kappa shape index (κ1) is 31.2. The number of nitrogens with zero attached hydrogens (tertiary/aromatic N) is 1. The number of benzene rings is 2. The van der Waals surface area contributed by atoms with Crippen LogP contribution in [0.15, 0.2) is 53.4 Å². The van der Waals surface area contributed by atoms with Gasteiger partial charge in [0.1, 0.15) is 22.5 Å². The number of rotatable bonds is 12. The maximum atomic E-state index is 13.0. The van der Waals surface area contributed by atoms with Crippen LogP contribution in [0.3, 0.4) is 0 Å². The lowest BCUT2D eigenvalue weighted by Crippen LogP contribution is -2.42. The molecule has 190 valence electrons. The highest BCUT2D eigenvalue weighted by Crippen LogP contribution is 2.24. The molecule has 0 aliphatic rings. The van der Waals surface area contributed by atoms with E-state index in [0.29, 0.717) is 23.6 Å². The predicted molar refractivity (Wildman–Crippen MR) is 137 cm³/mol. The van der Waals surface area contributed by atoms with E-state index in [1.54, 1.807) is 28.6 Å². The Balaban J connectivity index is 0.00000353. The van der Waals surface area contributed by atoms with Crippen LogP contribution in [0.1, 0.15) is 53.0 Å². The third-order valence-electron chi connectivity index (χ3n) is 4.60. The molecule has 34 heavy (non-hydrogen) atoms. The summed E-state index contributed by atoms with van der Waals surface area (Å²) >= 11 is 0. The fraction of sp³-hybridized carbons (Fsp3) is 0.440. The van der Waals surface area contributed by atoms with Crippen LogP contribution >= 0.6 is 0 Å². The van der Waals surface area contributed by atoms with Gasteiger partial charge < -0.3 is 15.5 Å². The third-order valence-corrected chi connectivity index (χ3v) is 6.31. The third kappa shape index (κ3) is 10.9. The zero-order valence-electron chi connectivity index (χ0n) is 20.8. The van der Waals surface area contributed by atoms with Gasteiger partial charge in [0.15, 0.2) is 0 Å². The highest BCUT2D eigenvalue weighted by atomic mass is 32.2. The van der Waals surface area contributed by atoms with Gasteiger partial charge in [0.2, 0.25) is 6.41 Å². The topological polar surface area (TPSA) is 119 Å². The highest BCUT2D eigenvalue weighted by Gasteiger charge is 2.18. The molecular formula is C25H39N3O5S. The number of hydrogen-bond donors (Lipinski definition) is 2. The summed E-state index contributed by atoms with van der Waals surface area (Å²) in [7, 11) is -1.39. The fourth-order valence-electron chi connectivity index (χ4n) is 2.92.